The fraction of sp³-hybridized carbons (Fsp3) is 0.345. The Morgan fingerprint density at radius 1 is 1.03 bits per heavy atom. The van der Waals surface area contributed by atoms with Gasteiger partial charge in [0.2, 0.25) is 23.6 Å². The van der Waals surface area contributed by atoms with E-state index in [4.69, 9.17) is 4.74 Å². The monoisotopic (exact) mass is 592 g/mol. The van der Waals surface area contributed by atoms with Crippen LogP contribution in [0.15, 0.2) is 64.7 Å². The summed E-state index contributed by atoms with van der Waals surface area (Å²) in [4.78, 5) is 69.0. The van der Waals surface area contributed by atoms with E-state index in [2.05, 4.69) is 15.9 Å². The lowest BCUT2D eigenvalue weighted by molar-refractivity contribution is -0.138. The number of aromatic hydroxyl groups is 1. The van der Waals surface area contributed by atoms with Crippen LogP contribution in [-0.2, 0) is 23.9 Å². The number of hydrogen-bond donors (Lipinski definition) is 1. The van der Waals surface area contributed by atoms with E-state index < -0.39 is 58.8 Å². The largest absolute Gasteiger partial charge is 0.508 e. The molecular weight excluding hydrogens is 568 g/mol. The summed E-state index contributed by atoms with van der Waals surface area (Å²) in [5.41, 5.74) is 0.337. The van der Waals surface area contributed by atoms with E-state index >= 15 is 0 Å². The Labute approximate surface area is 232 Å². The Bertz CT molecular complexity index is 1490. The van der Waals surface area contributed by atoms with Crippen LogP contribution in [-0.4, -0.2) is 46.8 Å². The molecule has 200 valence electrons. The zero-order valence-corrected chi connectivity index (χ0v) is 22.8. The fourth-order valence-electron chi connectivity index (χ4n) is 7.21. The fourth-order valence-corrected chi connectivity index (χ4v) is 7.59. The quantitative estimate of drug-likeness (QED) is 0.410. The van der Waals surface area contributed by atoms with Gasteiger partial charge in [0.15, 0.2) is 0 Å². The van der Waals surface area contributed by atoms with Crippen molar-refractivity contribution in [2.24, 2.45) is 29.1 Å². The molecule has 39 heavy (non-hydrogen) atoms. The molecule has 10 heteroatoms. The number of hydrogen-bond acceptors (Lipinski definition) is 7. The van der Waals surface area contributed by atoms with Crippen molar-refractivity contribution in [3.05, 3.63) is 70.2 Å². The molecule has 2 aromatic carbocycles. The van der Waals surface area contributed by atoms with Gasteiger partial charge in [-0.05, 0) is 56.0 Å². The van der Waals surface area contributed by atoms with Crippen molar-refractivity contribution in [1.29, 1.82) is 0 Å². The number of nitrogens with zero attached hydrogens (tertiary/aromatic N) is 2. The summed E-state index contributed by atoms with van der Waals surface area (Å²) in [6.07, 6.45) is 1.15. The van der Waals surface area contributed by atoms with E-state index in [1.165, 1.54) is 11.0 Å². The molecular formula is C29H25BrN2O7. The van der Waals surface area contributed by atoms with E-state index in [1.54, 1.807) is 49.4 Å². The van der Waals surface area contributed by atoms with Gasteiger partial charge in [0.25, 0.3) is 0 Å². The molecule has 6 rings (SSSR count). The van der Waals surface area contributed by atoms with Crippen LogP contribution in [0.2, 0.25) is 0 Å². The molecule has 3 fully saturated rings. The number of phenolic OH excluding ortho intramolecular Hbond substituents is 1. The maximum Gasteiger partial charge on any atom is 0.423 e. The number of rotatable bonds is 2. The lowest BCUT2D eigenvalue weighted by Crippen LogP contribution is -2.49. The van der Waals surface area contributed by atoms with Gasteiger partial charge in [0.05, 0.1) is 36.0 Å². The first-order valence-corrected chi connectivity index (χ1v) is 13.5. The highest BCUT2D eigenvalue weighted by molar-refractivity contribution is 9.10. The second-order valence-corrected chi connectivity index (χ2v) is 11.6. The van der Waals surface area contributed by atoms with E-state index in [-0.39, 0.29) is 24.5 Å². The smallest absolute Gasteiger partial charge is 0.423 e. The summed E-state index contributed by atoms with van der Waals surface area (Å²) in [5.74, 6) is -5.94. The van der Waals surface area contributed by atoms with Gasteiger partial charge in [-0.1, -0.05) is 45.8 Å². The molecule has 1 N–H and O–H groups in total. The number of carbonyl (C=O) groups excluding carboxylic acids is 5. The third kappa shape index (κ3) is 3.40. The summed E-state index contributed by atoms with van der Waals surface area (Å²) < 4.78 is 5.37. The number of para-hydroxylation sites is 1. The zero-order valence-electron chi connectivity index (χ0n) is 21.2. The lowest BCUT2D eigenvalue weighted by atomic mass is 9.51. The molecule has 2 aromatic rings. The molecule has 0 aromatic heterocycles. The second kappa shape index (κ2) is 8.87. The van der Waals surface area contributed by atoms with Crippen molar-refractivity contribution in [2.75, 3.05) is 12.0 Å². The number of anilines is 1. The summed E-state index contributed by atoms with van der Waals surface area (Å²) in [6.45, 7) is 1.75. The molecule has 2 aliphatic carbocycles. The number of imide groups is 4. The predicted octanol–water partition coefficient (Wildman–Crippen LogP) is 4.15. The van der Waals surface area contributed by atoms with Crippen LogP contribution >= 0.6 is 15.9 Å². The Balaban J connectivity index is 1.54. The van der Waals surface area contributed by atoms with E-state index in [9.17, 15) is 29.1 Å². The van der Waals surface area contributed by atoms with Gasteiger partial charge < -0.3 is 9.84 Å². The minimum Gasteiger partial charge on any atom is -0.508 e. The van der Waals surface area contributed by atoms with Gasteiger partial charge in [0.1, 0.15) is 5.75 Å². The van der Waals surface area contributed by atoms with Crippen molar-refractivity contribution in [3.8, 4) is 5.75 Å². The molecule has 0 unspecified atom stereocenters. The highest BCUT2D eigenvalue weighted by atomic mass is 79.9. The predicted molar refractivity (Wildman–Crippen MR) is 141 cm³/mol. The Hall–Kier alpha value is -3.79. The van der Waals surface area contributed by atoms with Gasteiger partial charge in [-0.3, -0.25) is 19.2 Å². The van der Waals surface area contributed by atoms with Crippen LogP contribution in [0, 0.1) is 29.1 Å². The molecule has 0 bridgehead atoms. The Kier molecular flexibility index (Phi) is 5.80. The van der Waals surface area contributed by atoms with Crippen molar-refractivity contribution in [1.82, 2.24) is 4.90 Å². The standard InChI is InChI=1S/C29H25BrN2O7/c1-29-20(25(35)31(27(29)37)15-6-4-3-5-7-15)13-18-16(23(29)19-12-14(30)8-11-21(19)33)9-10-17-22(18)26(36)32(24(17)34)28(38)39-2/h3-9,11-12,17-18,20,22-23,33H,10,13H2,1-2H3/t17-,18+,20-,22-,23+,29+/m0/s1. The van der Waals surface area contributed by atoms with Crippen molar-refractivity contribution >= 4 is 51.3 Å². The number of carbonyl (C=O) groups is 5. The average molecular weight is 593 g/mol. The number of fused-ring (bicyclic) bond motifs is 4. The van der Waals surface area contributed by atoms with Gasteiger partial charge in [-0.15, -0.1) is 0 Å². The summed E-state index contributed by atoms with van der Waals surface area (Å²) >= 11 is 3.46. The number of likely N-dealkylation sites (tertiary alicyclic amines) is 1. The van der Waals surface area contributed by atoms with Crippen LogP contribution in [0.25, 0.3) is 0 Å². The van der Waals surface area contributed by atoms with Gasteiger partial charge in [0, 0.05) is 16.0 Å². The molecule has 9 nitrogen and oxygen atoms in total. The zero-order chi connectivity index (χ0) is 27.8. The minimum absolute atomic E-state index is 0.0460. The molecule has 4 aliphatic rings. The van der Waals surface area contributed by atoms with Gasteiger partial charge in [-0.2, -0.15) is 4.90 Å². The first kappa shape index (κ1) is 25.5. The van der Waals surface area contributed by atoms with E-state index in [0.29, 0.717) is 26.2 Å². The number of amides is 5. The third-order valence-electron chi connectivity index (χ3n) is 8.95. The summed E-state index contributed by atoms with van der Waals surface area (Å²) in [7, 11) is 1.10. The topological polar surface area (TPSA) is 121 Å². The molecule has 1 saturated carbocycles. The third-order valence-corrected chi connectivity index (χ3v) is 9.44. The summed E-state index contributed by atoms with van der Waals surface area (Å²) in [5, 5.41) is 11.0. The molecule has 2 heterocycles. The maximum atomic E-state index is 14.2. The normalized spacial score (nSPS) is 31.6. The number of benzene rings is 2. The average Bonchev–Trinajstić information content (AvgIpc) is 3.30. The van der Waals surface area contributed by atoms with Crippen LogP contribution < -0.4 is 4.90 Å². The van der Waals surface area contributed by atoms with Gasteiger partial charge >= 0.3 is 6.09 Å². The van der Waals surface area contributed by atoms with E-state index in [1.807, 2.05) is 6.08 Å². The van der Waals surface area contributed by atoms with Crippen LogP contribution in [0.5, 0.6) is 5.75 Å². The first-order chi connectivity index (χ1) is 18.6. The molecule has 2 saturated heterocycles. The van der Waals surface area contributed by atoms with Crippen LogP contribution in [0.1, 0.15) is 31.2 Å². The molecule has 2 aliphatic heterocycles. The van der Waals surface area contributed by atoms with Crippen LogP contribution in [0.4, 0.5) is 10.5 Å². The number of halogens is 1. The number of methoxy groups -OCH3 is 1. The van der Waals surface area contributed by atoms with Gasteiger partial charge in [-0.25, -0.2) is 9.69 Å². The molecule has 0 spiro atoms. The number of allylic oxidation sites excluding steroid dienone is 2. The summed E-state index contributed by atoms with van der Waals surface area (Å²) in [6, 6.07) is 13.6. The Morgan fingerprint density at radius 3 is 2.44 bits per heavy atom. The molecule has 0 radical (unpaired) electrons. The van der Waals surface area contributed by atoms with E-state index in [0.717, 1.165) is 7.11 Å². The lowest BCUT2D eigenvalue weighted by Gasteiger charge is -2.49. The number of ether oxygens (including phenoxy) is 1. The molecule has 6 atom stereocenters. The molecule has 5 amide bonds. The SMILES string of the molecule is COC(=O)N1C(=O)[C@H]2[C@H](CC=C3[C@H]2C[C@H]2C(=O)N(c4ccccc4)C(=O)[C@@]2(C)[C@H]3c2cc(Br)ccc2O)C1=O. The van der Waals surface area contributed by atoms with Crippen LogP contribution in [0.3, 0.4) is 0 Å². The minimum atomic E-state index is -1.27. The second-order valence-electron chi connectivity index (χ2n) is 10.7. The first-order valence-electron chi connectivity index (χ1n) is 12.7. The van der Waals surface area contributed by atoms with Crippen molar-refractivity contribution in [3.63, 3.8) is 0 Å². The highest BCUT2D eigenvalue weighted by Gasteiger charge is 2.68. The highest BCUT2D eigenvalue weighted by Crippen LogP contribution is 2.64. The number of phenols is 1. The van der Waals surface area contributed by atoms with Crippen molar-refractivity contribution < 1.29 is 33.8 Å². The van der Waals surface area contributed by atoms with Crippen molar-refractivity contribution in [2.45, 2.75) is 25.7 Å². The maximum absolute atomic E-state index is 14.2. The Morgan fingerprint density at radius 2 is 1.74 bits per heavy atom.